The number of hydrogen-bond donors (Lipinski definition) is 1. The summed E-state index contributed by atoms with van der Waals surface area (Å²) in [6.45, 7) is 0. The van der Waals surface area contributed by atoms with E-state index in [1.807, 2.05) is 6.07 Å². The Morgan fingerprint density at radius 3 is 2.35 bits per heavy atom. The quantitative estimate of drug-likeness (QED) is 0.702. The van der Waals surface area contributed by atoms with Crippen molar-refractivity contribution in [2.75, 3.05) is 0 Å². The van der Waals surface area contributed by atoms with Gasteiger partial charge >= 0.3 is 0 Å². The van der Waals surface area contributed by atoms with Gasteiger partial charge in [-0.15, -0.1) is 5.10 Å². The molecule has 88 valence electrons. The van der Waals surface area contributed by atoms with Crippen LogP contribution in [0, 0.1) is 0 Å². The van der Waals surface area contributed by atoms with Crippen molar-refractivity contribution in [2.24, 2.45) is 19.2 Å². The van der Waals surface area contributed by atoms with Crippen LogP contribution in [0.2, 0.25) is 0 Å². The number of carbonyl (C=O) groups excluding carboxylic acids is 1. The smallest absolute Gasteiger partial charge is 0.267 e. The number of rotatable bonds is 2. The maximum atomic E-state index is 11.7. The van der Waals surface area contributed by atoms with Crippen molar-refractivity contribution in [3.05, 3.63) is 41.5 Å². The van der Waals surface area contributed by atoms with E-state index in [2.05, 4.69) is 21.0 Å². The maximum Gasteiger partial charge on any atom is 0.271 e. The molecule has 1 amide bonds. The van der Waals surface area contributed by atoms with Gasteiger partial charge in [-0.25, -0.2) is 14.8 Å². The van der Waals surface area contributed by atoms with Gasteiger partial charge in [0.05, 0.1) is 0 Å². The Morgan fingerprint density at radius 1 is 1.18 bits per heavy atom. The highest BCUT2D eigenvalue weighted by Crippen LogP contribution is 1.96. The fourth-order valence-corrected chi connectivity index (χ4v) is 1.31. The molecule has 2 aromatic rings. The van der Waals surface area contributed by atoms with E-state index < -0.39 is 0 Å². The Bertz CT molecular complexity index is 560. The van der Waals surface area contributed by atoms with Gasteiger partial charge in [0.25, 0.3) is 11.5 Å². The lowest BCUT2D eigenvalue weighted by Crippen LogP contribution is -2.29. The van der Waals surface area contributed by atoms with Crippen LogP contribution in [0.4, 0.5) is 0 Å². The molecule has 1 aromatic heterocycles. The average Bonchev–Trinajstić information content (AvgIpc) is 2.67. The Labute approximate surface area is 97.4 Å². The molecule has 0 bridgehead atoms. The van der Waals surface area contributed by atoms with Crippen molar-refractivity contribution in [1.29, 1.82) is 0 Å². The van der Waals surface area contributed by atoms with Crippen LogP contribution in [0.1, 0.15) is 10.4 Å². The molecule has 0 unspecified atom stereocenters. The highest BCUT2D eigenvalue weighted by atomic mass is 16.2. The number of aryl methyl sites for hydroxylation is 2. The first-order valence-electron chi connectivity index (χ1n) is 5.00. The van der Waals surface area contributed by atoms with E-state index >= 15 is 0 Å². The molecule has 0 fully saturated rings. The molecule has 1 N–H and O–H groups in total. The van der Waals surface area contributed by atoms with Crippen LogP contribution in [0.5, 0.6) is 0 Å². The number of aromatic nitrogens is 4. The zero-order valence-electron chi connectivity index (χ0n) is 9.53. The van der Waals surface area contributed by atoms with E-state index in [1.165, 1.54) is 9.36 Å². The molecule has 17 heavy (non-hydrogen) atoms. The van der Waals surface area contributed by atoms with Crippen LogP contribution in [0.3, 0.4) is 0 Å². The number of nitrogens with one attached hydrogen (secondary N) is 1. The molecule has 0 aliphatic rings. The first-order valence-corrected chi connectivity index (χ1v) is 5.00. The zero-order valence-corrected chi connectivity index (χ0v) is 9.53. The Hall–Kier alpha value is -2.44. The molecule has 0 radical (unpaired) electrons. The summed E-state index contributed by atoms with van der Waals surface area (Å²) in [5, 5.41) is 11.4. The lowest BCUT2D eigenvalue weighted by molar-refractivity contribution is 0.0952. The lowest BCUT2D eigenvalue weighted by atomic mass is 10.2. The second kappa shape index (κ2) is 4.60. The monoisotopic (exact) mass is 232 g/mol. The summed E-state index contributed by atoms with van der Waals surface area (Å²) < 4.78 is 2.93. The number of amides is 1. The van der Waals surface area contributed by atoms with Gasteiger partial charge in [0, 0.05) is 19.7 Å². The molecule has 0 aliphatic heterocycles. The highest BCUT2D eigenvalue weighted by molar-refractivity contribution is 5.93. The van der Waals surface area contributed by atoms with E-state index in [1.54, 1.807) is 38.4 Å². The van der Waals surface area contributed by atoms with Crippen LogP contribution < -0.4 is 11.0 Å². The third-order valence-electron chi connectivity index (χ3n) is 2.18. The molecule has 0 saturated carbocycles. The summed E-state index contributed by atoms with van der Waals surface area (Å²) in [5.41, 5.74) is 3.45. The number of tetrazole rings is 1. The van der Waals surface area contributed by atoms with Gasteiger partial charge in [-0.3, -0.25) is 4.79 Å². The molecular weight excluding hydrogens is 220 g/mol. The van der Waals surface area contributed by atoms with Gasteiger partial charge in [-0.1, -0.05) is 18.2 Å². The summed E-state index contributed by atoms with van der Waals surface area (Å²) in [6, 6.07) is 8.86. The number of carbonyl (C=O) groups is 1. The van der Waals surface area contributed by atoms with E-state index in [9.17, 15) is 4.79 Å². The zero-order chi connectivity index (χ0) is 12.3. The summed E-state index contributed by atoms with van der Waals surface area (Å²) in [4.78, 5) is 11.7. The number of benzene rings is 1. The molecule has 1 heterocycles. The van der Waals surface area contributed by atoms with Crippen LogP contribution in [-0.4, -0.2) is 25.7 Å². The molecule has 0 atom stereocenters. The van der Waals surface area contributed by atoms with E-state index in [0.29, 0.717) is 11.2 Å². The first-order chi connectivity index (χ1) is 8.18. The minimum atomic E-state index is -0.271. The largest absolute Gasteiger partial charge is 0.271 e. The van der Waals surface area contributed by atoms with Crippen LogP contribution in [0.15, 0.2) is 35.4 Å². The summed E-state index contributed by atoms with van der Waals surface area (Å²) in [5.74, 6) is -0.271. The van der Waals surface area contributed by atoms with Gasteiger partial charge in [-0.2, -0.15) is 0 Å². The summed E-state index contributed by atoms with van der Waals surface area (Å²) in [6.07, 6.45) is 0. The highest BCUT2D eigenvalue weighted by Gasteiger charge is 2.03. The number of hydrogen-bond acceptors (Lipinski definition) is 4. The number of nitrogens with zero attached hydrogens (tertiary/aromatic N) is 5. The average molecular weight is 232 g/mol. The first kappa shape index (κ1) is 11.1. The molecule has 0 aliphatic carbocycles. The minimum absolute atomic E-state index is 0.271. The fourth-order valence-electron chi connectivity index (χ4n) is 1.31. The topological polar surface area (TPSA) is 77.1 Å². The molecule has 7 nitrogen and oxygen atoms in total. The van der Waals surface area contributed by atoms with Crippen molar-refractivity contribution in [3.63, 3.8) is 0 Å². The van der Waals surface area contributed by atoms with Gasteiger partial charge in [0.2, 0.25) is 0 Å². The van der Waals surface area contributed by atoms with Crippen molar-refractivity contribution in [1.82, 2.24) is 25.2 Å². The van der Waals surface area contributed by atoms with Crippen LogP contribution >= 0.6 is 0 Å². The Morgan fingerprint density at radius 2 is 1.76 bits per heavy atom. The third kappa shape index (κ3) is 2.39. The van der Waals surface area contributed by atoms with Gasteiger partial charge in [0.15, 0.2) is 0 Å². The van der Waals surface area contributed by atoms with Crippen molar-refractivity contribution >= 4 is 5.91 Å². The molecule has 0 saturated heterocycles. The Balaban J connectivity index is 2.19. The van der Waals surface area contributed by atoms with Crippen molar-refractivity contribution in [2.45, 2.75) is 0 Å². The standard InChI is InChI=1S/C10H12N6O/c1-15-10(16(2)14-13-15)12-11-9(17)8-6-4-3-5-7-8/h3-7H,1-2H3,(H,11,17). The molecule has 1 aromatic carbocycles. The third-order valence-corrected chi connectivity index (χ3v) is 2.18. The lowest BCUT2D eigenvalue weighted by Gasteiger charge is -1.98. The predicted octanol–water partition coefficient (Wildman–Crippen LogP) is -0.601. The summed E-state index contributed by atoms with van der Waals surface area (Å²) in [7, 11) is 3.39. The molecule has 2 rings (SSSR count). The van der Waals surface area contributed by atoms with Crippen LogP contribution in [0.25, 0.3) is 0 Å². The van der Waals surface area contributed by atoms with Crippen molar-refractivity contribution in [3.8, 4) is 0 Å². The Kier molecular flexibility index (Phi) is 2.99. The minimum Gasteiger partial charge on any atom is -0.267 e. The van der Waals surface area contributed by atoms with Gasteiger partial charge < -0.3 is 0 Å². The second-order valence-electron chi connectivity index (χ2n) is 3.44. The predicted molar refractivity (Wildman–Crippen MR) is 59.4 cm³/mol. The van der Waals surface area contributed by atoms with E-state index in [-0.39, 0.29) is 5.91 Å². The molecule has 0 spiro atoms. The normalized spacial score (nSPS) is 10.0. The molecule has 7 heteroatoms. The van der Waals surface area contributed by atoms with Crippen LogP contribution in [-0.2, 0) is 14.1 Å². The fraction of sp³-hybridized carbons (Fsp3) is 0.200. The SMILES string of the molecule is Cn1nnn(C)c1=NNC(=O)c1ccccc1. The second-order valence-corrected chi connectivity index (χ2v) is 3.44. The molecular formula is C10H12N6O. The van der Waals surface area contributed by atoms with Gasteiger partial charge in [0.1, 0.15) is 0 Å². The van der Waals surface area contributed by atoms with E-state index in [4.69, 9.17) is 0 Å². The maximum absolute atomic E-state index is 11.7. The van der Waals surface area contributed by atoms with Crippen molar-refractivity contribution < 1.29 is 4.79 Å². The van der Waals surface area contributed by atoms with Gasteiger partial charge in [-0.05, 0) is 22.6 Å². The summed E-state index contributed by atoms with van der Waals surface area (Å²) >= 11 is 0. The van der Waals surface area contributed by atoms with E-state index in [0.717, 1.165) is 0 Å².